The van der Waals surface area contributed by atoms with Crippen LogP contribution in [-0.4, -0.2) is 69.6 Å². The maximum Gasteiger partial charge on any atom is 0.246 e. The standard InChI is InChI=1S/C29H29N7O2/c1-3-28(37)33(2)26-18-34(19-26)24-6-4-20(5-7-24)27-12-21(16-36-29(27)22(13-30)14-32-36)23-15-31-35(17-23)25-8-10-38-11-9-25/h3-7,12,14-17,25-26H,1,8-11,18-19H2,2H3. The number of carbonyl (C=O) groups excluding carboxylic acids is 1. The predicted octanol–water partition coefficient (Wildman–Crippen LogP) is 3.92. The summed E-state index contributed by atoms with van der Waals surface area (Å²) in [4.78, 5) is 15.9. The van der Waals surface area contributed by atoms with E-state index in [2.05, 4.69) is 64.3 Å². The number of nitrogens with zero attached hydrogens (tertiary/aromatic N) is 7. The highest BCUT2D eigenvalue weighted by Crippen LogP contribution is 2.34. The molecule has 1 aromatic carbocycles. The van der Waals surface area contributed by atoms with Crippen LogP contribution in [0.2, 0.25) is 0 Å². The Labute approximate surface area is 221 Å². The van der Waals surface area contributed by atoms with Crippen LogP contribution >= 0.6 is 0 Å². The van der Waals surface area contributed by atoms with Crippen molar-refractivity contribution < 1.29 is 9.53 Å². The fourth-order valence-electron chi connectivity index (χ4n) is 5.30. The van der Waals surface area contributed by atoms with Gasteiger partial charge in [-0.15, -0.1) is 0 Å². The number of carbonyl (C=O) groups is 1. The minimum absolute atomic E-state index is 0.0544. The van der Waals surface area contributed by atoms with E-state index in [9.17, 15) is 10.1 Å². The number of rotatable bonds is 6. The molecule has 2 aliphatic rings. The molecule has 0 spiro atoms. The first-order valence-corrected chi connectivity index (χ1v) is 12.8. The molecule has 1 amide bonds. The summed E-state index contributed by atoms with van der Waals surface area (Å²) in [5.74, 6) is -0.0544. The number of fused-ring (bicyclic) bond motifs is 1. The van der Waals surface area contributed by atoms with E-state index in [0.29, 0.717) is 11.6 Å². The van der Waals surface area contributed by atoms with Gasteiger partial charge in [0.25, 0.3) is 0 Å². The zero-order chi connectivity index (χ0) is 26.2. The van der Waals surface area contributed by atoms with Crippen LogP contribution in [-0.2, 0) is 9.53 Å². The molecular weight excluding hydrogens is 478 g/mol. The third-order valence-corrected chi connectivity index (χ3v) is 7.71. The van der Waals surface area contributed by atoms with Gasteiger partial charge in [-0.25, -0.2) is 4.52 Å². The van der Waals surface area contributed by atoms with E-state index in [1.54, 1.807) is 15.6 Å². The van der Waals surface area contributed by atoms with E-state index in [0.717, 1.165) is 72.6 Å². The minimum atomic E-state index is -0.0544. The first-order valence-electron chi connectivity index (χ1n) is 12.8. The Balaban J connectivity index is 1.30. The lowest BCUT2D eigenvalue weighted by atomic mass is 9.99. The SMILES string of the molecule is C=CC(=O)N(C)C1CN(c2ccc(-c3cc(-c4cnn(C5CCOCC5)c4)cn4ncc(C#N)c34)cc2)C1. The number of aromatic nitrogens is 4. The predicted molar refractivity (Wildman–Crippen MR) is 145 cm³/mol. The van der Waals surface area contributed by atoms with Crippen LogP contribution in [0.5, 0.6) is 0 Å². The van der Waals surface area contributed by atoms with E-state index in [-0.39, 0.29) is 11.9 Å². The summed E-state index contributed by atoms with van der Waals surface area (Å²) in [5.41, 5.74) is 6.37. The van der Waals surface area contributed by atoms with Crippen molar-refractivity contribution in [3.63, 3.8) is 0 Å². The molecule has 9 heteroatoms. The Bertz CT molecular complexity index is 1530. The van der Waals surface area contributed by atoms with Crippen LogP contribution in [0.25, 0.3) is 27.8 Å². The topological polar surface area (TPSA) is 91.7 Å². The van der Waals surface area contributed by atoms with Gasteiger partial charge in [0.05, 0.1) is 35.6 Å². The summed E-state index contributed by atoms with van der Waals surface area (Å²) < 4.78 is 9.33. The lowest BCUT2D eigenvalue weighted by Gasteiger charge is -2.45. The van der Waals surface area contributed by atoms with Gasteiger partial charge in [-0.1, -0.05) is 18.7 Å². The summed E-state index contributed by atoms with van der Waals surface area (Å²) in [6, 6.07) is 13.3. The van der Waals surface area contributed by atoms with Crippen LogP contribution < -0.4 is 4.90 Å². The zero-order valence-corrected chi connectivity index (χ0v) is 21.3. The second-order valence-corrected chi connectivity index (χ2v) is 9.92. The van der Waals surface area contributed by atoms with Crippen LogP contribution in [0, 0.1) is 11.3 Å². The Hall–Kier alpha value is -4.42. The van der Waals surface area contributed by atoms with Crippen molar-refractivity contribution in [3.05, 3.63) is 73.3 Å². The smallest absolute Gasteiger partial charge is 0.246 e. The van der Waals surface area contributed by atoms with E-state index < -0.39 is 0 Å². The molecule has 2 saturated heterocycles. The van der Waals surface area contributed by atoms with Gasteiger partial charge >= 0.3 is 0 Å². The molecule has 0 saturated carbocycles. The van der Waals surface area contributed by atoms with Crippen molar-refractivity contribution in [1.82, 2.24) is 24.3 Å². The van der Waals surface area contributed by atoms with Crippen LogP contribution in [0.1, 0.15) is 24.4 Å². The number of hydrogen-bond acceptors (Lipinski definition) is 6. The number of amides is 1. The summed E-state index contributed by atoms with van der Waals surface area (Å²) >= 11 is 0. The molecule has 38 heavy (non-hydrogen) atoms. The van der Waals surface area contributed by atoms with Crippen LogP contribution in [0.15, 0.2) is 67.8 Å². The molecule has 2 fully saturated rings. The number of likely N-dealkylation sites (N-methyl/N-ethyl adjacent to an activating group) is 1. The molecule has 3 aromatic heterocycles. The van der Waals surface area contributed by atoms with E-state index in [4.69, 9.17) is 4.74 Å². The average Bonchev–Trinajstić information content (AvgIpc) is 3.60. The van der Waals surface area contributed by atoms with Gasteiger partial charge in [0, 0.05) is 68.1 Å². The second kappa shape index (κ2) is 9.80. The second-order valence-electron chi connectivity index (χ2n) is 9.92. The number of nitriles is 1. The average molecular weight is 508 g/mol. The highest BCUT2D eigenvalue weighted by molar-refractivity contribution is 5.88. The van der Waals surface area contributed by atoms with Crippen molar-refractivity contribution in [2.45, 2.75) is 24.9 Å². The molecule has 0 unspecified atom stereocenters. The summed E-state index contributed by atoms with van der Waals surface area (Å²) in [6.07, 6.45) is 10.8. The van der Waals surface area contributed by atoms with Crippen molar-refractivity contribution in [2.75, 3.05) is 38.3 Å². The van der Waals surface area contributed by atoms with Crippen LogP contribution in [0.4, 0.5) is 5.69 Å². The fourth-order valence-corrected chi connectivity index (χ4v) is 5.30. The molecular formula is C29H29N7O2. The van der Waals surface area contributed by atoms with E-state index in [1.807, 2.05) is 24.1 Å². The highest BCUT2D eigenvalue weighted by atomic mass is 16.5. The van der Waals surface area contributed by atoms with Gasteiger partial charge in [-0.05, 0) is 42.7 Å². The van der Waals surface area contributed by atoms with Gasteiger partial charge in [0.15, 0.2) is 0 Å². The van der Waals surface area contributed by atoms with Crippen molar-refractivity contribution in [3.8, 4) is 28.3 Å². The summed E-state index contributed by atoms with van der Waals surface area (Å²) in [7, 11) is 1.82. The third kappa shape index (κ3) is 4.23. The van der Waals surface area contributed by atoms with E-state index in [1.165, 1.54) is 6.08 Å². The molecule has 0 atom stereocenters. The first-order chi connectivity index (χ1) is 18.6. The molecule has 0 radical (unpaired) electrons. The number of ether oxygens (including phenoxy) is 1. The monoisotopic (exact) mass is 507 g/mol. The summed E-state index contributed by atoms with van der Waals surface area (Å²) in [5, 5.41) is 18.9. The van der Waals surface area contributed by atoms with Crippen molar-refractivity contribution in [1.29, 1.82) is 5.26 Å². The molecule has 0 bridgehead atoms. The van der Waals surface area contributed by atoms with E-state index >= 15 is 0 Å². The quantitative estimate of drug-likeness (QED) is 0.368. The number of anilines is 1. The zero-order valence-electron chi connectivity index (χ0n) is 21.3. The molecule has 5 heterocycles. The van der Waals surface area contributed by atoms with Crippen LogP contribution in [0.3, 0.4) is 0 Å². The molecule has 2 aliphatic heterocycles. The molecule has 0 aliphatic carbocycles. The lowest BCUT2D eigenvalue weighted by molar-refractivity contribution is -0.127. The van der Waals surface area contributed by atoms with Crippen molar-refractivity contribution in [2.24, 2.45) is 0 Å². The minimum Gasteiger partial charge on any atom is -0.381 e. The van der Waals surface area contributed by atoms with Gasteiger partial charge < -0.3 is 14.5 Å². The normalized spacial score (nSPS) is 16.3. The largest absolute Gasteiger partial charge is 0.381 e. The summed E-state index contributed by atoms with van der Waals surface area (Å²) in [6.45, 7) is 6.67. The van der Waals surface area contributed by atoms with Gasteiger partial charge in [-0.2, -0.15) is 15.5 Å². The molecule has 9 nitrogen and oxygen atoms in total. The Kier molecular flexibility index (Phi) is 6.18. The number of benzene rings is 1. The molecule has 192 valence electrons. The Morgan fingerprint density at radius 2 is 1.87 bits per heavy atom. The number of hydrogen-bond donors (Lipinski definition) is 0. The third-order valence-electron chi connectivity index (χ3n) is 7.71. The Morgan fingerprint density at radius 1 is 1.11 bits per heavy atom. The lowest BCUT2D eigenvalue weighted by Crippen LogP contribution is -2.59. The molecule has 0 N–H and O–H groups in total. The fraction of sp³-hybridized carbons (Fsp3) is 0.310. The highest BCUT2D eigenvalue weighted by Gasteiger charge is 2.31. The molecule has 6 rings (SSSR count). The first kappa shape index (κ1) is 23.9. The van der Waals surface area contributed by atoms with Gasteiger partial charge in [0.2, 0.25) is 5.91 Å². The molecule has 4 aromatic rings. The maximum atomic E-state index is 11.9. The Morgan fingerprint density at radius 3 is 2.58 bits per heavy atom. The van der Waals surface area contributed by atoms with Gasteiger partial charge in [-0.3, -0.25) is 9.48 Å². The van der Waals surface area contributed by atoms with Crippen molar-refractivity contribution >= 4 is 17.1 Å². The van der Waals surface area contributed by atoms with Gasteiger partial charge in [0.1, 0.15) is 6.07 Å². The number of pyridine rings is 1. The maximum absolute atomic E-state index is 11.9.